The fraction of sp³-hybridized carbons (Fsp3) is 0.368. The molecule has 8 heteroatoms. The summed E-state index contributed by atoms with van der Waals surface area (Å²) in [6.07, 6.45) is 9.12. The second-order valence-corrected chi connectivity index (χ2v) is 6.79. The molecule has 1 aromatic carbocycles. The highest BCUT2D eigenvalue weighted by Crippen LogP contribution is 2.30. The Kier molecular flexibility index (Phi) is 4.70. The molecule has 0 bridgehead atoms. The third-order valence-corrected chi connectivity index (χ3v) is 5.07. The SMILES string of the molecule is CN(c1ncc(-c2ccc(-n3ccnc3)cc2O)nn1)[C@@H]1CCCC[C@H]1F. The first kappa shape index (κ1) is 17.4. The van der Waals surface area contributed by atoms with E-state index in [1.807, 2.05) is 6.07 Å². The van der Waals surface area contributed by atoms with E-state index in [1.54, 1.807) is 53.6 Å². The molecule has 1 aliphatic carbocycles. The van der Waals surface area contributed by atoms with Gasteiger partial charge in [0.15, 0.2) is 0 Å². The second-order valence-electron chi connectivity index (χ2n) is 6.79. The van der Waals surface area contributed by atoms with Gasteiger partial charge in [-0.2, -0.15) is 0 Å². The van der Waals surface area contributed by atoms with Gasteiger partial charge in [0.25, 0.3) is 0 Å². The predicted molar refractivity (Wildman–Crippen MR) is 99.6 cm³/mol. The minimum atomic E-state index is -0.869. The summed E-state index contributed by atoms with van der Waals surface area (Å²) in [5.41, 5.74) is 1.79. The van der Waals surface area contributed by atoms with E-state index >= 15 is 0 Å². The Hall–Kier alpha value is -3.03. The van der Waals surface area contributed by atoms with Gasteiger partial charge in [0.2, 0.25) is 5.95 Å². The van der Waals surface area contributed by atoms with Crippen LogP contribution in [0.15, 0.2) is 43.1 Å². The number of hydrogen-bond donors (Lipinski definition) is 1. The summed E-state index contributed by atoms with van der Waals surface area (Å²) >= 11 is 0. The molecule has 27 heavy (non-hydrogen) atoms. The van der Waals surface area contributed by atoms with Crippen LogP contribution in [0.4, 0.5) is 10.3 Å². The molecule has 4 rings (SSSR count). The summed E-state index contributed by atoms with van der Waals surface area (Å²) in [4.78, 5) is 10.1. The normalized spacial score (nSPS) is 19.8. The molecule has 0 aliphatic heterocycles. The van der Waals surface area contributed by atoms with Gasteiger partial charge < -0.3 is 14.6 Å². The van der Waals surface area contributed by atoms with E-state index in [0.717, 1.165) is 24.9 Å². The van der Waals surface area contributed by atoms with E-state index in [1.165, 1.54) is 0 Å². The third kappa shape index (κ3) is 3.47. The van der Waals surface area contributed by atoms with Crippen molar-refractivity contribution in [2.45, 2.75) is 37.9 Å². The highest BCUT2D eigenvalue weighted by atomic mass is 19.1. The van der Waals surface area contributed by atoms with Gasteiger partial charge in [-0.15, -0.1) is 10.2 Å². The van der Waals surface area contributed by atoms with E-state index in [2.05, 4.69) is 20.2 Å². The number of anilines is 1. The molecule has 0 radical (unpaired) electrons. The molecule has 2 aromatic heterocycles. The summed E-state index contributed by atoms with van der Waals surface area (Å²) in [5.74, 6) is 0.470. The lowest BCUT2D eigenvalue weighted by molar-refractivity contribution is 0.212. The molecular weight excluding hydrogens is 347 g/mol. The Labute approximate surface area is 156 Å². The zero-order chi connectivity index (χ0) is 18.8. The maximum atomic E-state index is 14.2. The first-order chi connectivity index (χ1) is 13.1. The van der Waals surface area contributed by atoms with Crippen molar-refractivity contribution in [1.82, 2.24) is 24.7 Å². The first-order valence-electron chi connectivity index (χ1n) is 9.02. The molecule has 0 spiro atoms. The van der Waals surface area contributed by atoms with Crippen molar-refractivity contribution in [3.05, 3.63) is 43.1 Å². The molecule has 0 amide bonds. The Morgan fingerprint density at radius 2 is 2.07 bits per heavy atom. The Morgan fingerprint density at radius 3 is 2.74 bits per heavy atom. The molecule has 0 unspecified atom stereocenters. The Balaban J connectivity index is 1.55. The van der Waals surface area contributed by atoms with E-state index in [9.17, 15) is 9.50 Å². The monoisotopic (exact) mass is 368 g/mol. The number of hydrogen-bond acceptors (Lipinski definition) is 6. The van der Waals surface area contributed by atoms with Crippen molar-refractivity contribution < 1.29 is 9.50 Å². The quantitative estimate of drug-likeness (QED) is 0.762. The van der Waals surface area contributed by atoms with Crippen LogP contribution in [-0.2, 0) is 0 Å². The second kappa shape index (κ2) is 7.30. The lowest BCUT2D eigenvalue weighted by Gasteiger charge is -2.33. The molecular formula is C19H21FN6O. The highest BCUT2D eigenvalue weighted by Gasteiger charge is 2.29. The number of aromatic hydroxyl groups is 1. The maximum absolute atomic E-state index is 14.2. The van der Waals surface area contributed by atoms with Crippen molar-refractivity contribution in [1.29, 1.82) is 0 Å². The number of alkyl halides is 1. The number of phenols is 1. The van der Waals surface area contributed by atoms with Crippen LogP contribution in [0, 0.1) is 0 Å². The lowest BCUT2D eigenvalue weighted by atomic mass is 9.93. The van der Waals surface area contributed by atoms with E-state index in [0.29, 0.717) is 23.6 Å². The summed E-state index contributed by atoms with van der Waals surface area (Å²) in [6, 6.07) is 5.04. The highest BCUT2D eigenvalue weighted by molar-refractivity contribution is 5.68. The van der Waals surface area contributed by atoms with Crippen molar-refractivity contribution >= 4 is 5.95 Å². The van der Waals surface area contributed by atoms with Gasteiger partial charge in [-0.3, -0.25) is 0 Å². The van der Waals surface area contributed by atoms with Crippen LogP contribution >= 0.6 is 0 Å². The number of halogens is 1. The number of nitrogens with zero attached hydrogens (tertiary/aromatic N) is 6. The van der Waals surface area contributed by atoms with E-state index in [4.69, 9.17) is 0 Å². The standard InChI is InChI=1S/C19H21FN6O/c1-25(17-5-3-2-4-15(17)20)19-22-11-16(23-24-19)14-7-6-13(10-18(14)27)26-9-8-21-12-26/h6-12,15,17,27H,2-5H2,1H3/t15-,17-/m1/s1. The molecule has 140 valence electrons. The van der Waals surface area contributed by atoms with Gasteiger partial charge in [0.05, 0.1) is 24.3 Å². The van der Waals surface area contributed by atoms with Gasteiger partial charge in [-0.1, -0.05) is 12.8 Å². The van der Waals surface area contributed by atoms with Crippen LogP contribution in [0.5, 0.6) is 5.75 Å². The van der Waals surface area contributed by atoms with Crippen molar-refractivity contribution in [3.8, 4) is 22.7 Å². The first-order valence-corrected chi connectivity index (χ1v) is 9.02. The van der Waals surface area contributed by atoms with Crippen LogP contribution in [0.2, 0.25) is 0 Å². The molecule has 7 nitrogen and oxygen atoms in total. The number of benzene rings is 1. The average molecular weight is 368 g/mol. The maximum Gasteiger partial charge on any atom is 0.245 e. The van der Waals surface area contributed by atoms with Crippen LogP contribution < -0.4 is 4.90 Å². The zero-order valence-corrected chi connectivity index (χ0v) is 15.0. The average Bonchev–Trinajstić information content (AvgIpc) is 3.23. The van der Waals surface area contributed by atoms with Crippen LogP contribution in [0.25, 0.3) is 16.9 Å². The molecule has 1 aliphatic rings. The van der Waals surface area contributed by atoms with Crippen molar-refractivity contribution in [3.63, 3.8) is 0 Å². The van der Waals surface area contributed by atoms with Crippen LogP contribution in [0.3, 0.4) is 0 Å². The van der Waals surface area contributed by atoms with Crippen LogP contribution in [0.1, 0.15) is 25.7 Å². The Morgan fingerprint density at radius 1 is 1.22 bits per heavy atom. The third-order valence-electron chi connectivity index (χ3n) is 5.07. The van der Waals surface area contributed by atoms with E-state index < -0.39 is 6.17 Å². The fourth-order valence-corrected chi connectivity index (χ4v) is 3.51. The number of rotatable bonds is 4. The summed E-state index contributed by atoms with van der Waals surface area (Å²) in [6.45, 7) is 0. The minimum Gasteiger partial charge on any atom is -0.507 e. The summed E-state index contributed by atoms with van der Waals surface area (Å²) in [5, 5.41) is 18.7. The van der Waals surface area contributed by atoms with Crippen molar-refractivity contribution in [2.75, 3.05) is 11.9 Å². The van der Waals surface area contributed by atoms with Crippen molar-refractivity contribution in [2.24, 2.45) is 0 Å². The Bertz CT molecular complexity index is 899. The van der Waals surface area contributed by atoms with Gasteiger partial charge in [0, 0.05) is 31.1 Å². The molecule has 3 aromatic rings. The number of imidazole rings is 1. The molecule has 0 saturated heterocycles. The summed E-state index contributed by atoms with van der Waals surface area (Å²) < 4.78 is 16.0. The minimum absolute atomic E-state index is 0.0782. The molecule has 1 fully saturated rings. The molecule has 2 heterocycles. The van der Waals surface area contributed by atoms with E-state index in [-0.39, 0.29) is 11.8 Å². The fourth-order valence-electron chi connectivity index (χ4n) is 3.51. The van der Waals surface area contributed by atoms with Gasteiger partial charge in [-0.05, 0) is 25.0 Å². The number of phenolic OH excluding ortho intramolecular Hbond substituents is 1. The lowest BCUT2D eigenvalue weighted by Crippen LogP contribution is -2.42. The summed E-state index contributed by atoms with van der Waals surface area (Å²) in [7, 11) is 1.80. The van der Waals surface area contributed by atoms with Gasteiger partial charge in [0.1, 0.15) is 17.6 Å². The largest absolute Gasteiger partial charge is 0.507 e. The van der Waals surface area contributed by atoms with Crippen LogP contribution in [-0.4, -0.2) is 49.1 Å². The van der Waals surface area contributed by atoms with Gasteiger partial charge in [-0.25, -0.2) is 14.4 Å². The molecule has 2 atom stereocenters. The predicted octanol–water partition coefficient (Wildman–Crippen LogP) is 3.15. The van der Waals surface area contributed by atoms with Gasteiger partial charge >= 0.3 is 0 Å². The zero-order valence-electron chi connectivity index (χ0n) is 15.0. The molecule has 1 saturated carbocycles. The number of aromatic nitrogens is 5. The topological polar surface area (TPSA) is 80.0 Å². The smallest absolute Gasteiger partial charge is 0.245 e. The molecule has 1 N–H and O–H groups in total.